The lowest BCUT2D eigenvalue weighted by atomic mass is 10.1. The Balaban J connectivity index is 1.84. The van der Waals surface area contributed by atoms with Crippen molar-refractivity contribution in [3.05, 3.63) is 42.4 Å². The van der Waals surface area contributed by atoms with Crippen LogP contribution in [0.2, 0.25) is 0 Å². The van der Waals surface area contributed by atoms with Gasteiger partial charge in [0.25, 0.3) is 0 Å². The fourth-order valence-electron chi connectivity index (χ4n) is 3.09. The van der Waals surface area contributed by atoms with Crippen LogP contribution in [0.3, 0.4) is 0 Å². The number of hydrogen-bond donors (Lipinski definition) is 2. The maximum atomic E-state index is 12.5. The summed E-state index contributed by atoms with van der Waals surface area (Å²) in [6.45, 7) is 1.82. The largest absolute Gasteiger partial charge is 0.481 e. The van der Waals surface area contributed by atoms with Gasteiger partial charge in [0.05, 0.1) is 29.1 Å². The smallest absolute Gasteiger partial charge is 0.217 e. The SMILES string of the molecule is COc1cc(Nc2ccc(-c3ccn(C)n3)cc2S(C)(=O)=O)c2nc(C)[nH]c2n1. The number of imidazole rings is 1. The van der Waals surface area contributed by atoms with Gasteiger partial charge in [-0.15, -0.1) is 0 Å². The zero-order chi connectivity index (χ0) is 20.8. The molecule has 1 aromatic carbocycles. The Morgan fingerprint density at radius 3 is 2.59 bits per heavy atom. The topological polar surface area (TPSA) is 115 Å². The number of hydrogen-bond acceptors (Lipinski definition) is 7. The van der Waals surface area contributed by atoms with E-state index in [2.05, 4.69) is 25.4 Å². The van der Waals surface area contributed by atoms with E-state index in [0.717, 1.165) is 0 Å². The van der Waals surface area contributed by atoms with Gasteiger partial charge in [0, 0.05) is 31.1 Å². The molecular weight excluding hydrogens is 392 g/mol. The van der Waals surface area contributed by atoms with E-state index in [1.54, 1.807) is 22.9 Å². The molecule has 0 saturated carbocycles. The first kappa shape index (κ1) is 18.9. The fourth-order valence-corrected chi connectivity index (χ4v) is 3.95. The van der Waals surface area contributed by atoms with Gasteiger partial charge in [-0.3, -0.25) is 4.68 Å². The van der Waals surface area contributed by atoms with Gasteiger partial charge in [-0.1, -0.05) is 6.07 Å². The van der Waals surface area contributed by atoms with Gasteiger partial charge in [-0.05, 0) is 25.1 Å². The minimum Gasteiger partial charge on any atom is -0.481 e. The first-order valence-corrected chi connectivity index (χ1v) is 10.7. The van der Waals surface area contributed by atoms with Gasteiger partial charge in [-0.2, -0.15) is 10.1 Å². The number of methoxy groups -OCH3 is 1. The summed E-state index contributed by atoms with van der Waals surface area (Å²) in [7, 11) is -0.184. The predicted octanol–water partition coefficient (Wildman–Crippen LogP) is 2.82. The standard InChI is InChI=1S/C19H20N6O3S/c1-11-20-18-15(10-17(28-3)23-19(18)21-11)22-14-6-5-12(9-16(14)29(4,26)27)13-7-8-25(2)24-13/h5-10H,1-4H3,(H2,20,21,22,23). The quantitative estimate of drug-likeness (QED) is 0.518. The van der Waals surface area contributed by atoms with Crippen molar-refractivity contribution in [3.8, 4) is 17.1 Å². The summed E-state index contributed by atoms with van der Waals surface area (Å²) in [5.74, 6) is 1.08. The van der Waals surface area contributed by atoms with Gasteiger partial charge >= 0.3 is 0 Å². The molecule has 150 valence electrons. The predicted molar refractivity (Wildman–Crippen MR) is 110 cm³/mol. The van der Waals surface area contributed by atoms with Crippen molar-refractivity contribution in [3.63, 3.8) is 0 Å². The number of anilines is 2. The van der Waals surface area contributed by atoms with Crippen molar-refractivity contribution < 1.29 is 13.2 Å². The second-order valence-electron chi connectivity index (χ2n) is 6.71. The average Bonchev–Trinajstić information content (AvgIpc) is 3.26. The van der Waals surface area contributed by atoms with Crippen LogP contribution in [-0.4, -0.2) is 46.5 Å². The molecule has 0 bridgehead atoms. The summed E-state index contributed by atoms with van der Waals surface area (Å²) in [5.41, 5.74) is 3.57. The molecule has 0 saturated heterocycles. The molecule has 10 heteroatoms. The number of rotatable bonds is 5. The molecular formula is C19H20N6O3S. The zero-order valence-electron chi connectivity index (χ0n) is 16.4. The lowest BCUT2D eigenvalue weighted by Crippen LogP contribution is -2.04. The third-order valence-corrected chi connectivity index (χ3v) is 5.55. The van der Waals surface area contributed by atoms with Gasteiger partial charge in [0.1, 0.15) is 11.3 Å². The summed E-state index contributed by atoms with van der Waals surface area (Å²) in [6.07, 6.45) is 2.98. The Kier molecular flexibility index (Phi) is 4.50. The minimum atomic E-state index is -3.51. The van der Waals surface area contributed by atoms with Crippen LogP contribution in [0.5, 0.6) is 5.88 Å². The molecule has 0 radical (unpaired) electrons. The molecule has 9 nitrogen and oxygen atoms in total. The maximum absolute atomic E-state index is 12.5. The van der Waals surface area contributed by atoms with E-state index in [4.69, 9.17) is 4.74 Å². The summed E-state index contributed by atoms with van der Waals surface area (Å²) in [4.78, 5) is 12.0. The third kappa shape index (κ3) is 3.66. The highest BCUT2D eigenvalue weighted by molar-refractivity contribution is 7.90. The van der Waals surface area contributed by atoms with Gasteiger partial charge in [0.2, 0.25) is 5.88 Å². The highest BCUT2D eigenvalue weighted by Gasteiger charge is 2.18. The number of aromatic nitrogens is 5. The molecule has 3 aromatic heterocycles. The molecule has 0 aliphatic heterocycles. The number of pyridine rings is 1. The van der Waals surface area contributed by atoms with Crippen LogP contribution in [0.1, 0.15) is 5.82 Å². The highest BCUT2D eigenvalue weighted by Crippen LogP contribution is 2.33. The molecule has 0 aliphatic carbocycles. The van der Waals surface area contributed by atoms with E-state index < -0.39 is 9.84 Å². The van der Waals surface area contributed by atoms with Crippen LogP contribution in [-0.2, 0) is 16.9 Å². The van der Waals surface area contributed by atoms with Crippen LogP contribution in [0.4, 0.5) is 11.4 Å². The summed E-state index contributed by atoms with van der Waals surface area (Å²) < 4.78 is 31.9. The lowest BCUT2D eigenvalue weighted by Gasteiger charge is -2.13. The number of aryl methyl sites for hydroxylation is 2. The summed E-state index contributed by atoms with van der Waals surface area (Å²) in [5, 5.41) is 7.53. The molecule has 0 aliphatic rings. The molecule has 4 rings (SSSR count). The number of nitrogens with one attached hydrogen (secondary N) is 2. The summed E-state index contributed by atoms with van der Waals surface area (Å²) >= 11 is 0. The van der Waals surface area contributed by atoms with Gasteiger partial charge < -0.3 is 15.0 Å². The lowest BCUT2D eigenvalue weighted by molar-refractivity contribution is 0.399. The number of nitrogens with zero attached hydrogens (tertiary/aromatic N) is 4. The Labute approximate surface area is 167 Å². The molecule has 3 heterocycles. The first-order chi connectivity index (χ1) is 13.7. The van der Waals surface area contributed by atoms with E-state index >= 15 is 0 Å². The fraction of sp³-hybridized carbons (Fsp3) is 0.211. The Morgan fingerprint density at radius 2 is 1.93 bits per heavy atom. The number of ether oxygens (including phenoxy) is 1. The molecule has 4 aromatic rings. The van der Waals surface area contributed by atoms with Crippen LogP contribution in [0.25, 0.3) is 22.4 Å². The van der Waals surface area contributed by atoms with Crippen molar-refractivity contribution in [2.75, 3.05) is 18.7 Å². The van der Waals surface area contributed by atoms with Crippen molar-refractivity contribution in [1.82, 2.24) is 24.7 Å². The minimum absolute atomic E-state index is 0.164. The number of fused-ring (bicyclic) bond motifs is 1. The van der Waals surface area contributed by atoms with Crippen molar-refractivity contribution in [1.29, 1.82) is 0 Å². The zero-order valence-corrected chi connectivity index (χ0v) is 17.2. The van der Waals surface area contributed by atoms with Crippen LogP contribution in [0.15, 0.2) is 41.4 Å². The van der Waals surface area contributed by atoms with Crippen molar-refractivity contribution >= 4 is 32.4 Å². The van der Waals surface area contributed by atoms with Gasteiger partial charge in [0.15, 0.2) is 15.5 Å². The van der Waals surface area contributed by atoms with E-state index in [9.17, 15) is 8.42 Å². The van der Waals surface area contributed by atoms with E-state index in [0.29, 0.717) is 45.5 Å². The monoisotopic (exact) mass is 412 g/mol. The Bertz CT molecular complexity index is 1320. The second kappa shape index (κ2) is 6.89. The molecule has 29 heavy (non-hydrogen) atoms. The molecule has 0 atom stereocenters. The van der Waals surface area contributed by atoms with E-state index in [-0.39, 0.29) is 4.90 Å². The van der Waals surface area contributed by atoms with Crippen LogP contribution >= 0.6 is 0 Å². The van der Waals surface area contributed by atoms with Crippen molar-refractivity contribution in [2.45, 2.75) is 11.8 Å². The summed E-state index contributed by atoms with van der Waals surface area (Å²) in [6, 6.07) is 8.68. The molecule has 0 spiro atoms. The Hall–Kier alpha value is -3.40. The second-order valence-corrected chi connectivity index (χ2v) is 8.70. The number of aromatic amines is 1. The maximum Gasteiger partial charge on any atom is 0.217 e. The average molecular weight is 412 g/mol. The number of benzene rings is 1. The molecule has 2 N–H and O–H groups in total. The molecule has 0 unspecified atom stereocenters. The number of H-pyrrole nitrogens is 1. The highest BCUT2D eigenvalue weighted by atomic mass is 32.2. The van der Waals surface area contributed by atoms with Crippen LogP contribution in [0, 0.1) is 6.92 Å². The van der Waals surface area contributed by atoms with E-state index in [1.807, 2.05) is 32.3 Å². The molecule has 0 amide bonds. The number of sulfone groups is 1. The normalized spacial score (nSPS) is 11.7. The third-order valence-electron chi connectivity index (χ3n) is 4.42. The first-order valence-electron chi connectivity index (χ1n) is 8.77. The molecule has 0 fully saturated rings. The Morgan fingerprint density at radius 1 is 1.14 bits per heavy atom. The van der Waals surface area contributed by atoms with Gasteiger partial charge in [-0.25, -0.2) is 13.4 Å². The van der Waals surface area contributed by atoms with Crippen LogP contribution < -0.4 is 10.1 Å². The van der Waals surface area contributed by atoms with Crippen molar-refractivity contribution in [2.24, 2.45) is 7.05 Å². The van der Waals surface area contributed by atoms with E-state index in [1.165, 1.54) is 13.4 Å².